The summed E-state index contributed by atoms with van der Waals surface area (Å²) < 4.78 is 32.0. The van der Waals surface area contributed by atoms with E-state index in [9.17, 15) is 13.2 Å². The van der Waals surface area contributed by atoms with E-state index in [-0.39, 0.29) is 17.5 Å². The van der Waals surface area contributed by atoms with Crippen molar-refractivity contribution in [3.63, 3.8) is 0 Å². The van der Waals surface area contributed by atoms with Crippen LogP contribution in [0.1, 0.15) is 23.2 Å². The molecule has 1 atom stereocenters. The lowest BCUT2D eigenvalue weighted by Gasteiger charge is -2.11. The number of carbonyl (C=O) groups is 1. The lowest BCUT2D eigenvalue weighted by atomic mass is 10.2. The third kappa shape index (κ3) is 3.54. The predicted molar refractivity (Wildman–Crippen MR) is 72.3 cm³/mol. The van der Waals surface area contributed by atoms with E-state index in [1.165, 1.54) is 24.3 Å². The third-order valence-corrected chi connectivity index (χ3v) is 4.52. The summed E-state index contributed by atoms with van der Waals surface area (Å²) in [5.41, 5.74) is 2.28. The number of hydrogen-bond acceptors (Lipinski definition) is 5. The highest BCUT2D eigenvalue weighted by Crippen LogP contribution is 2.14. The van der Waals surface area contributed by atoms with Crippen LogP contribution in [-0.2, 0) is 14.8 Å². The fourth-order valence-electron chi connectivity index (χ4n) is 1.96. The number of carbonyl (C=O) groups excluding carboxylic acids is 1. The largest absolute Gasteiger partial charge is 0.377 e. The van der Waals surface area contributed by atoms with Gasteiger partial charge in [-0.05, 0) is 37.1 Å². The molecule has 1 fully saturated rings. The van der Waals surface area contributed by atoms with Gasteiger partial charge in [-0.1, -0.05) is 0 Å². The van der Waals surface area contributed by atoms with E-state index in [4.69, 9.17) is 10.6 Å². The fraction of sp³-hybridized carbons (Fsp3) is 0.417. The molecule has 1 saturated heterocycles. The van der Waals surface area contributed by atoms with Crippen LogP contribution in [0.25, 0.3) is 0 Å². The fourth-order valence-corrected chi connectivity index (χ4v) is 3.03. The standard InChI is InChI=1S/C12H17N3O4S/c13-15-12(16)9-3-5-11(6-4-9)20(17,18)14-8-10-2-1-7-19-10/h3-6,10,14H,1-2,7-8,13H2,(H,15,16). The van der Waals surface area contributed by atoms with Crippen LogP contribution >= 0.6 is 0 Å². The first-order chi connectivity index (χ1) is 9.53. The van der Waals surface area contributed by atoms with E-state index in [1.54, 1.807) is 0 Å². The topological polar surface area (TPSA) is 111 Å². The van der Waals surface area contributed by atoms with Gasteiger partial charge in [-0.25, -0.2) is 19.0 Å². The van der Waals surface area contributed by atoms with Crippen molar-refractivity contribution in [2.45, 2.75) is 23.8 Å². The Morgan fingerprint density at radius 3 is 2.60 bits per heavy atom. The molecule has 1 aromatic rings. The zero-order valence-electron chi connectivity index (χ0n) is 10.8. The first-order valence-corrected chi connectivity index (χ1v) is 7.73. The molecule has 4 N–H and O–H groups in total. The van der Waals surface area contributed by atoms with E-state index >= 15 is 0 Å². The molecule has 1 amide bonds. The number of nitrogen functional groups attached to an aromatic ring is 1. The van der Waals surface area contributed by atoms with Crippen LogP contribution in [0.3, 0.4) is 0 Å². The molecule has 8 heteroatoms. The Kier molecular flexibility index (Phi) is 4.71. The van der Waals surface area contributed by atoms with Crippen molar-refractivity contribution >= 4 is 15.9 Å². The second-order valence-electron chi connectivity index (χ2n) is 4.48. The lowest BCUT2D eigenvalue weighted by molar-refractivity contribution is 0.0953. The molecule has 1 aromatic carbocycles. The Balaban J connectivity index is 2.03. The quantitative estimate of drug-likeness (QED) is 0.394. The van der Waals surface area contributed by atoms with Gasteiger partial charge in [-0.3, -0.25) is 10.2 Å². The van der Waals surface area contributed by atoms with E-state index in [0.717, 1.165) is 12.8 Å². The van der Waals surface area contributed by atoms with Gasteiger partial charge in [0, 0.05) is 18.7 Å². The second-order valence-corrected chi connectivity index (χ2v) is 6.25. The number of hydrogen-bond donors (Lipinski definition) is 3. The maximum Gasteiger partial charge on any atom is 0.265 e. The van der Waals surface area contributed by atoms with Crippen LogP contribution in [-0.4, -0.2) is 33.6 Å². The molecule has 1 aliphatic rings. The van der Waals surface area contributed by atoms with Gasteiger partial charge < -0.3 is 4.74 Å². The predicted octanol–water partition coefficient (Wildman–Crippen LogP) is -0.253. The van der Waals surface area contributed by atoms with E-state index in [2.05, 4.69) is 4.72 Å². The average Bonchev–Trinajstić information content (AvgIpc) is 2.98. The van der Waals surface area contributed by atoms with E-state index in [1.807, 2.05) is 5.43 Å². The van der Waals surface area contributed by atoms with Gasteiger partial charge in [0.25, 0.3) is 5.91 Å². The summed E-state index contributed by atoms with van der Waals surface area (Å²) in [5, 5.41) is 0. The molecular weight excluding hydrogens is 282 g/mol. The monoisotopic (exact) mass is 299 g/mol. The summed E-state index contributed by atoms with van der Waals surface area (Å²) in [5.74, 6) is 4.53. The van der Waals surface area contributed by atoms with Crippen LogP contribution in [0.2, 0.25) is 0 Å². The van der Waals surface area contributed by atoms with Crippen molar-refractivity contribution in [2.75, 3.05) is 13.2 Å². The smallest absolute Gasteiger partial charge is 0.265 e. The summed E-state index contributed by atoms with van der Waals surface area (Å²) in [6.45, 7) is 0.933. The van der Waals surface area contributed by atoms with Crippen LogP contribution < -0.4 is 16.0 Å². The minimum Gasteiger partial charge on any atom is -0.377 e. The van der Waals surface area contributed by atoms with Crippen molar-refractivity contribution in [3.05, 3.63) is 29.8 Å². The van der Waals surface area contributed by atoms with Gasteiger partial charge in [0.1, 0.15) is 0 Å². The molecule has 0 bridgehead atoms. The lowest BCUT2D eigenvalue weighted by Crippen LogP contribution is -2.32. The van der Waals surface area contributed by atoms with Crippen LogP contribution in [0.4, 0.5) is 0 Å². The van der Waals surface area contributed by atoms with Crippen molar-refractivity contribution in [3.8, 4) is 0 Å². The number of ether oxygens (including phenoxy) is 1. The molecule has 7 nitrogen and oxygen atoms in total. The number of benzene rings is 1. The molecular formula is C12H17N3O4S. The van der Waals surface area contributed by atoms with Crippen molar-refractivity contribution in [1.29, 1.82) is 0 Å². The summed E-state index contributed by atoms with van der Waals surface area (Å²) in [6, 6.07) is 5.54. The second kappa shape index (κ2) is 6.31. The van der Waals surface area contributed by atoms with Crippen molar-refractivity contribution in [2.24, 2.45) is 5.84 Å². The molecule has 1 unspecified atom stereocenters. The first-order valence-electron chi connectivity index (χ1n) is 6.25. The number of nitrogens with one attached hydrogen (secondary N) is 2. The summed E-state index contributed by atoms with van der Waals surface area (Å²) in [6.07, 6.45) is 1.75. The highest BCUT2D eigenvalue weighted by molar-refractivity contribution is 7.89. The van der Waals surface area contributed by atoms with Gasteiger partial charge in [0.15, 0.2) is 0 Å². The molecule has 2 rings (SSSR count). The Morgan fingerprint density at radius 1 is 1.35 bits per heavy atom. The van der Waals surface area contributed by atoms with Gasteiger partial charge in [-0.2, -0.15) is 0 Å². The van der Waals surface area contributed by atoms with Gasteiger partial charge in [0.2, 0.25) is 10.0 Å². The Hall–Kier alpha value is -1.48. The molecule has 0 spiro atoms. The van der Waals surface area contributed by atoms with Gasteiger partial charge >= 0.3 is 0 Å². The number of sulfonamides is 1. The Labute approximate surface area is 117 Å². The number of rotatable bonds is 5. The highest BCUT2D eigenvalue weighted by Gasteiger charge is 2.20. The van der Waals surface area contributed by atoms with Crippen molar-refractivity contribution < 1.29 is 17.9 Å². The van der Waals surface area contributed by atoms with E-state index in [0.29, 0.717) is 12.2 Å². The minimum absolute atomic E-state index is 0.0629. The van der Waals surface area contributed by atoms with Gasteiger partial charge in [0.05, 0.1) is 11.0 Å². The molecule has 1 heterocycles. The molecule has 110 valence electrons. The first kappa shape index (κ1) is 14.9. The average molecular weight is 299 g/mol. The SMILES string of the molecule is NNC(=O)c1ccc(S(=O)(=O)NCC2CCCO2)cc1. The summed E-state index contributed by atoms with van der Waals surface area (Å²) in [7, 11) is -3.59. The van der Waals surface area contributed by atoms with Crippen molar-refractivity contribution in [1.82, 2.24) is 10.1 Å². The van der Waals surface area contributed by atoms with Gasteiger partial charge in [-0.15, -0.1) is 0 Å². The summed E-state index contributed by atoms with van der Waals surface area (Å²) >= 11 is 0. The van der Waals surface area contributed by atoms with Crippen LogP contribution in [0.5, 0.6) is 0 Å². The molecule has 0 saturated carbocycles. The number of amides is 1. The Bertz CT molecular complexity index is 565. The molecule has 1 aliphatic heterocycles. The maximum atomic E-state index is 12.0. The zero-order valence-corrected chi connectivity index (χ0v) is 11.7. The molecule has 0 aromatic heterocycles. The van der Waals surface area contributed by atoms with E-state index < -0.39 is 15.9 Å². The number of nitrogens with two attached hydrogens (primary N) is 1. The molecule has 0 radical (unpaired) electrons. The molecule has 0 aliphatic carbocycles. The maximum absolute atomic E-state index is 12.0. The number of hydrazine groups is 1. The summed E-state index contributed by atoms with van der Waals surface area (Å²) in [4.78, 5) is 11.4. The third-order valence-electron chi connectivity index (χ3n) is 3.08. The normalized spacial score (nSPS) is 18.9. The highest BCUT2D eigenvalue weighted by atomic mass is 32.2. The van der Waals surface area contributed by atoms with Crippen LogP contribution in [0.15, 0.2) is 29.2 Å². The Morgan fingerprint density at radius 2 is 2.05 bits per heavy atom. The molecule has 20 heavy (non-hydrogen) atoms. The van der Waals surface area contributed by atoms with Crippen LogP contribution in [0, 0.1) is 0 Å². The zero-order chi connectivity index (χ0) is 14.6. The minimum atomic E-state index is -3.59.